The molecule has 1 atom stereocenters. The molecule has 1 unspecified atom stereocenters. The zero-order valence-electron chi connectivity index (χ0n) is 6.25. The van der Waals surface area contributed by atoms with Crippen molar-refractivity contribution in [2.75, 3.05) is 6.61 Å². The summed E-state index contributed by atoms with van der Waals surface area (Å²) in [5.74, 6) is 0.763. The minimum atomic E-state index is 0.326. The van der Waals surface area contributed by atoms with E-state index in [0.29, 0.717) is 12.1 Å². The van der Waals surface area contributed by atoms with E-state index in [1.54, 1.807) is 0 Å². The van der Waals surface area contributed by atoms with Gasteiger partial charge in [-0.05, 0) is 31.6 Å². The largest absolute Gasteiger partial charge is 0.377 e. The van der Waals surface area contributed by atoms with Crippen molar-refractivity contribution in [2.45, 2.75) is 37.8 Å². The molecule has 1 saturated carbocycles. The average Bonchev–Trinajstić information content (AvgIpc) is 2.24. The van der Waals surface area contributed by atoms with E-state index in [1.165, 1.54) is 25.7 Å². The molecule has 3 aliphatic rings. The highest BCUT2D eigenvalue weighted by molar-refractivity contribution is 4.83. The number of hydrogen-bond acceptors (Lipinski definition) is 2. The van der Waals surface area contributed by atoms with Crippen molar-refractivity contribution in [3.05, 3.63) is 0 Å². The van der Waals surface area contributed by atoms with Crippen LogP contribution in [0.5, 0.6) is 0 Å². The molecule has 3 fully saturated rings. The predicted molar refractivity (Wildman–Crippen MR) is 39.7 cm³/mol. The van der Waals surface area contributed by atoms with Gasteiger partial charge in [0.15, 0.2) is 0 Å². The van der Waals surface area contributed by atoms with Crippen molar-refractivity contribution in [3.63, 3.8) is 0 Å². The van der Waals surface area contributed by atoms with E-state index in [-0.39, 0.29) is 0 Å². The molecule has 10 heavy (non-hydrogen) atoms. The SMILES string of the molecule is NC1COC2CCC1CC2. The summed E-state index contributed by atoms with van der Waals surface area (Å²) in [5.41, 5.74) is 5.89. The third-order valence-corrected chi connectivity index (χ3v) is 2.85. The highest BCUT2D eigenvalue weighted by atomic mass is 16.5. The predicted octanol–water partition coefficient (Wildman–Crippen LogP) is 0.903. The lowest BCUT2D eigenvalue weighted by Gasteiger charge is -2.23. The van der Waals surface area contributed by atoms with Crippen LogP contribution in [-0.2, 0) is 4.74 Å². The Morgan fingerprint density at radius 1 is 1.10 bits per heavy atom. The lowest BCUT2D eigenvalue weighted by molar-refractivity contribution is 0.0523. The van der Waals surface area contributed by atoms with Crippen molar-refractivity contribution in [1.82, 2.24) is 0 Å². The number of fused-ring (bicyclic) bond motifs is 4. The standard InChI is InChI=1S/C8H15NO/c9-8-5-10-7-3-1-6(8)2-4-7/h6-8H,1-5,9H2. The Morgan fingerprint density at radius 2 is 1.80 bits per heavy atom. The minimum Gasteiger partial charge on any atom is -0.377 e. The van der Waals surface area contributed by atoms with Gasteiger partial charge in [0.1, 0.15) is 0 Å². The summed E-state index contributed by atoms with van der Waals surface area (Å²) < 4.78 is 5.58. The van der Waals surface area contributed by atoms with Gasteiger partial charge in [0.25, 0.3) is 0 Å². The molecule has 2 N–H and O–H groups in total. The van der Waals surface area contributed by atoms with Gasteiger partial charge >= 0.3 is 0 Å². The Balaban J connectivity index is 2.07. The van der Waals surface area contributed by atoms with E-state index in [9.17, 15) is 0 Å². The molecule has 0 aromatic rings. The molecular formula is C8H15NO. The normalized spacial score (nSPS) is 47.1. The van der Waals surface area contributed by atoms with Crippen LogP contribution in [-0.4, -0.2) is 18.8 Å². The molecule has 0 aromatic carbocycles. The second kappa shape index (κ2) is 2.51. The van der Waals surface area contributed by atoms with Gasteiger partial charge in [0.05, 0.1) is 12.7 Å². The zero-order chi connectivity index (χ0) is 6.97. The van der Waals surface area contributed by atoms with Crippen molar-refractivity contribution < 1.29 is 4.74 Å². The monoisotopic (exact) mass is 141 g/mol. The van der Waals surface area contributed by atoms with Crippen molar-refractivity contribution >= 4 is 0 Å². The number of hydrogen-bond donors (Lipinski definition) is 1. The Hall–Kier alpha value is -0.0800. The minimum absolute atomic E-state index is 0.326. The van der Waals surface area contributed by atoms with Gasteiger partial charge in [0.2, 0.25) is 0 Å². The first-order chi connectivity index (χ1) is 4.86. The summed E-state index contributed by atoms with van der Waals surface area (Å²) in [4.78, 5) is 0. The zero-order valence-corrected chi connectivity index (χ0v) is 6.25. The van der Waals surface area contributed by atoms with Crippen LogP contribution in [0, 0.1) is 5.92 Å². The van der Waals surface area contributed by atoms with Crippen LogP contribution in [0.25, 0.3) is 0 Å². The molecule has 2 bridgehead atoms. The summed E-state index contributed by atoms with van der Waals surface area (Å²) in [6.45, 7) is 0.801. The van der Waals surface area contributed by atoms with Crippen LogP contribution in [0.1, 0.15) is 25.7 Å². The molecule has 2 saturated heterocycles. The molecule has 3 rings (SSSR count). The molecule has 58 valence electrons. The Kier molecular flexibility index (Phi) is 1.66. The van der Waals surface area contributed by atoms with Gasteiger partial charge in [-0.3, -0.25) is 0 Å². The molecule has 0 radical (unpaired) electrons. The smallest absolute Gasteiger partial charge is 0.0623 e. The maximum Gasteiger partial charge on any atom is 0.0623 e. The molecule has 2 nitrogen and oxygen atoms in total. The molecule has 0 aromatic heterocycles. The van der Waals surface area contributed by atoms with Crippen LogP contribution in [0.2, 0.25) is 0 Å². The summed E-state index contributed by atoms with van der Waals surface area (Å²) in [7, 11) is 0. The van der Waals surface area contributed by atoms with Crippen LogP contribution in [0.15, 0.2) is 0 Å². The maximum atomic E-state index is 5.89. The fraction of sp³-hybridized carbons (Fsp3) is 1.00. The molecule has 1 aliphatic carbocycles. The molecule has 2 heterocycles. The van der Waals surface area contributed by atoms with Crippen LogP contribution in [0.3, 0.4) is 0 Å². The lowest BCUT2D eigenvalue weighted by Crippen LogP contribution is -2.32. The van der Waals surface area contributed by atoms with E-state index in [2.05, 4.69) is 0 Å². The Labute approximate surface area is 61.7 Å². The lowest BCUT2D eigenvalue weighted by atomic mass is 9.85. The summed E-state index contributed by atoms with van der Waals surface area (Å²) in [6, 6.07) is 0.326. The summed E-state index contributed by atoms with van der Waals surface area (Å²) in [6.07, 6.45) is 5.64. The first-order valence-electron chi connectivity index (χ1n) is 4.23. The van der Waals surface area contributed by atoms with Crippen LogP contribution >= 0.6 is 0 Å². The molecular weight excluding hydrogens is 126 g/mol. The van der Waals surface area contributed by atoms with Gasteiger partial charge in [-0.1, -0.05) is 0 Å². The van der Waals surface area contributed by atoms with Crippen molar-refractivity contribution in [3.8, 4) is 0 Å². The van der Waals surface area contributed by atoms with E-state index in [0.717, 1.165) is 12.5 Å². The van der Waals surface area contributed by atoms with Gasteiger partial charge in [0, 0.05) is 6.04 Å². The summed E-state index contributed by atoms with van der Waals surface area (Å²) in [5, 5.41) is 0. The first-order valence-corrected chi connectivity index (χ1v) is 4.23. The van der Waals surface area contributed by atoms with E-state index < -0.39 is 0 Å². The fourth-order valence-electron chi connectivity index (χ4n) is 2.07. The average molecular weight is 141 g/mol. The van der Waals surface area contributed by atoms with E-state index >= 15 is 0 Å². The van der Waals surface area contributed by atoms with Gasteiger partial charge in [-0.2, -0.15) is 0 Å². The summed E-state index contributed by atoms with van der Waals surface area (Å²) >= 11 is 0. The highest BCUT2D eigenvalue weighted by Crippen LogP contribution is 2.31. The van der Waals surface area contributed by atoms with Crippen LogP contribution < -0.4 is 5.73 Å². The molecule has 2 aliphatic heterocycles. The maximum absolute atomic E-state index is 5.89. The third-order valence-electron chi connectivity index (χ3n) is 2.85. The van der Waals surface area contributed by atoms with Gasteiger partial charge in [-0.15, -0.1) is 0 Å². The van der Waals surface area contributed by atoms with Crippen molar-refractivity contribution in [2.24, 2.45) is 11.7 Å². The van der Waals surface area contributed by atoms with Gasteiger partial charge < -0.3 is 10.5 Å². The topological polar surface area (TPSA) is 35.2 Å². The highest BCUT2D eigenvalue weighted by Gasteiger charge is 2.30. The Morgan fingerprint density at radius 3 is 2.50 bits per heavy atom. The number of ether oxygens (including phenoxy) is 1. The first kappa shape index (κ1) is 6.62. The van der Waals surface area contributed by atoms with Gasteiger partial charge in [-0.25, -0.2) is 0 Å². The van der Waals surface area contributed by atoms with Crippen molar-refractivity contribution in [1.29, 1.82) is 0 Å². The third kappa shape index (κ3) is 1.06. The van der Waals surface area contributed by atoms with E-state index in [1.807, 2.05) is 0 Å². The van der Waals surface area contributed by atoms with E-state index in [4.69, 9.17) is 10.5 Å². The Bertz CT molecular complexity index is 118. The fourth-order valence-corrected chi connectivity index (χ4v) is 2.07. The number of nitrogens with two attached hydrogens (primary N) is 1. The molecule has 0 spiro atoms. The second-order valence-corrected chi connectivity index (χ2v) is 3.53. The number of rotatable bonds is 0. The second-order valence-electron chi connectivity index (χ2n) is 3.53. The quantitative estimate of drug-likeness (QED) is 0.544. The van der Waals surface area contributed by atoms with Crippen LogP contribution in [0.4, 0.5) is 0 Å². The molecule has 2 heteroatoms. The molecule has 0 amide bonds.